The second-order valence-corrected chi connectivity index (χ2v) is 4.11. The molecule has 0 aromatic carbocycles. The quantitative estimate of drug-likeness (QED) is 0.454. The number of hydrogen-bond donors (Lipinski definition) is 0. The number of carbonyl (C=O) groups is 1. The zero-order valence-electron chi connectivity index (χ0n) is 6.76. The Morgan fingerprint density at radius 1 is 1.33 bits per heavy atom. The molecule has 0 aromatic heterocycles. The largest absolute Gasteiger partial charge is 0.465 e. The molecule has 1 heterocycles. The molecule has 12 heavy (non-hydrogen) atoms. The van der Waals surface area contributed by atoms with Crippen LogP contribution in [0.15, 0.2) is 0 Å². The molecule has 70 valence electrons. The van der Waals surface area contributed by atoms with Crippen LogP contribution >= 0.6 is 23.2 Å². The maximum absolute atomic E-state index is 11.1. The van der Waals surface area contributed by atoms with Crippen LogP contribution in [0.2, 0.25) is 0 Å². The third kappa shape index (κ3) is 3.20. The minimum absolute atomic E-state index is 0.0122. The third-order valence-corrected chi connectivity index (χ3v) is 2.63. The molecule has 1 rings (SSSR count). The van der Waals surface area contributed by atoms with Crippen LogP contribution in [0.4, 0.5) is 0 Å². The maximum atomic E-state index is 11.1. The summed E-state index contributed by atoms with van der Waals surface area (Å²) < 4.78 is 4.89. The summed E-state index contributed by atoms with van der Waals surface area (Å²) in [5, 5.41) is -0.552. The first-order valence-electron chi connectivity index (χ1n) is 4.15. The average Bonchev–Trinajstić information content (AvgIpc) is 2.07. The van der Waals surface area contributed by atoms with Gasteiger partial charge in [0.25, 0.3) is 0 Å². The SMILES string of the molecule is O=C1OCCCC[C@H](Cl)C[C@H]1Cl. The summed E-state index contributed by atoms with van der Waals surface area (Å²) in [7, 11) is 0. The van der Waals surface area contributed by atoms with Gasteiger partial charge in [-0.25, -0.2) is 0 Å². The predicted molar refractivity (Wildman–Crippen MR) is 48.7 cm³/mol. The molecule has 2 atom stereocenters. The topological polar surface area (TPSA) is 26.3 Å². The molecular weight excluding hydrogens is 199 g/mol. The van der Waals surface area contributed by atoms with Crippen LogP contribution in [0, 0.1) is 0 Å². The van der Waals surface area contributed by atoms with E-state index in [0.717, 1.165) is 19.3 Å². The van der Waals surface area contributed by atoms with Gasteiger partial charge in [-0.2, -0.15) is 0 Å². The van der Waals surface area contributed by atoms with Gasteiger partial charge >= 0.3 is 5.97 Å². The van der Waals surface area contributed by atoms with Crippen molar-refractivity contribution in [2.24, 2.45) is 0 Å². The van der Waals surface area contributed by atoms with Crippen molar-refractivity contribution >= 4 is 29.2 Å². The fourth-order valence-electron chi connectivity index (χ4n) is 1.17. The molecule has 2 nitrogen and oxygen atoms in total. The number of halogens is 2. The van der Waals surface area contributed by atoms with Crippen molar-refractivity contribution in [3.63, 3.8) is 0 Å². The monoisotopic (exact) mass is 210 g/mol. The molecule has 1 aliphatic rings. The first-order valence-corrected chi connectivity index (χ1v) is 5.02. The van der Waals surface area contributed by atoms with E-state index in [0.29, 0.717) is 13.0 Å². The molecule has 0 bridgehead atoms. The van der Waals surface area contributed by atoms with Crippen LogP contribution in [0.3, 0.4) is 0 Å². The predicted octanol–water partition coefficient (Wildman–Crippen LogP) is 2.32. The first-order chi connectivity index (χ1) is 5.70. The zero-order chi connectivity index (χ0) is 8.97. The van der Waals surface area contributed by atoms with Crippen LogP contribution < -0.4 is 0 Å². The molecule has 0 radical (unpaired) electrons. The highest BCUT2D eigenvalue weighted by Gasteiger charge is 2.22. The Bertz CT molecular complexity index is 161. The summed E-state index contributed by atoms with van der Waals surface area (Å²) >= 11 is 11.7. The van der Waals surface area contributed by atoms with Crippen LogP contribution in [-0.4, -0.2) is 23.3 Å². The number of esters is 1. The molecule has 1 fully saturated rings. The standard InChI is InChI=1S/C8H12Cl2O2/c9-6-3-1-2-4-12-8(11)7(10)5-6/h6-7H,1-5H2/t6-,7+/m0/s1. The molecule has 0 aromatic rings. The molecule has 0 spiro atoms. The van der Waals surface area contributed by atoms with Gasteiger partial charge in [-0.1, -0.05) is 0 Å². The van der Waals surface area contributed by atoms with Crippen LogP contribution in [0.1, 0.15) is 25.7 Å². The van der Waals surface area contributed by atoms with Crippen molar-refractivity contribution in [3.8, 4) is 0 Å². The Kier molecular flexibility index (Phi) is 4.16. The lowest BCUT2D eigenvalue weighted by molar-refractivity contribution is -0.143. The van der Waals surface area contributed by atoms with Gasteiger partial charge in [0.05, 0.1) is 6.61 Å². The van der Waals surface area contributed by atoms with Crippen molar-refractivity contribution in [2.75, 3.05) is 6.61 Å². The van der Waals surface area contributed by atoms with Gasteiger partial charge in [-0.05, 0) is 25.7 Å². The van der Waals surface area contributed by atoms with E-state index in [1.165, 1.54) is 0 Å². The Hall–Kier alpha value is 0.0500. The lowest BCUT2D eigenvalue weighted by atomic mass is 10.1. The van der Waals surface area contributed by atoms with Crippen LogP contribution in [0.25, 0.3) is 0 Å². The van der Waals surface area contributed by atoms with Gasteiger partial charge in [0.1, 0.15) is 5.38 Å². The number of carbonyl (C=O) groups excluding carboxylic acids is 1. The number of alkyl halides is 2. The zero-order valence-corrected chi connectivity index (χ0v) is 8.27. The van der Waals surface area contributed by atoms with Crippen molar-refractivity contribution < 1.29 is 9.53 Å². The summed E-state index contributed by atoms with van der Waals surface area (Å²) in [5.74, 6) is -0.329. The van der Waals surface area contributed by atoms with E-state index in [9.17, 15) is 4.79 Å². The average molecular weight is 211 g/mol. The van der Waals surface area contributed by atoms with E-state index in [4.69, 9.17) is 27.9 Å². The van der Waals surface area contributed by atoms with E-state index in [1.807, 2.05) is 0 Å². The summed E-state index contributed by atoms with van der Waals surface area (Å²) in [6.07, 6.45) is 3.33. The summed E-state index contributed by atoms with van der Waals surface area (Å²) in [5.41, 5.74) is 0. The van der Waals surface area contributed by atoms with E-state index >= 15 is 0 Å². The molecule has 1 aliphatic heterocycles. The van der Waals surface area contributed by atoms with E-state index in [-0.39, 0.29) is 11.3 Å². The molecule has 0 N–H and O–H groups in total. The number of hydrogen-bond acceptors (Lipinski definition) is 2. The van der Waals surface area contributed by atoms with Gasteiger partial charge in [0.15, 0.2) is 0 Å². The van der Waals surface area contributed by atoms with E-state index in [1.54, 1.807) is 0 Å². The Balaban J connectivity index is 2.46. The van der Waals surface area contributed by atoms with Crippen molar-refractivity contribution in [3.05, 3.63) is 0 Å². The molecule has 4 heteroatoms. The first kappa shape index (κ1) is 10.1. The molecule has 0 unspecified atom stereocenters. The lowest BCUT2D eigenvalue weighted by Crippen LogP contribution is -2.20. The number of cyclic esters (lactones) is 1. The molecule has 0 saturated carbocycles. The van der Waals surface area contributed by atoms with Crippen molar-refractivity contribution in [1.82, 2.24) is 0 Å². The Morgan fingerprint density at radius 2 is 2.08 bits per heavy atom. The highest BCUT2D eigenvalue weighted by molar-refractivity contribution is 6.30. The fraction of sp³-hybridized carbons (Fsp3) is 0.875. The second-order valence-electron chi connectivity index (χ2n) is 2.96. The second kappa shape index (κ2) is 4.93. The number of rotatable bonds is 0. The van der Waals surface area contributed by atoms with Gasteiger partial charge in [-0.15, -0.1) is 23.2 Å². The van der Waals surface area contributed by atoms with Gasteiger partial charge < -0.3 is 4.74 Å². The van der Waals surface area contributed by atoms with Gasteiger partial charge in [-0.3, -0.25) is 4.79 Å². The van der Waals surface area contributed by atoms with E-state index in [2.05, 4.69) is 0 Å². The maximum Gasteiger partial charge on any atom is 0.324 e. The van der Waals surface area contributed by atoms with E-state index < -0.39 is 5.38 Å². The van der Waals surface area contributed by atoms with Crippen LogP contribution in [0.5, 0.6) is 0 Å². The molecule has 0 amide bonds. The highest BCUT2D eigenvalue weighted by atomic mass is 35.5. The molecule has 1 saturated heterocycles. The summed E-state index contributed by atoms with van der Waals surface area (Å²) in [4.78, 5) is 11.1. The van der Waals surface area contributed by atoms with Crippen molar-refractivity contribution in [2.45, 2.75) is 36.4 Å². The lowest BCUT2D eigenvalue weighted by Gasteiger charge is -2.09. The molecular formula is C8H12Cl2O2. The van der Waals surface area contributed by atoms with Crippen LogP contribution in [-0.2, 0) is 9.53 Å². The summed E-state index contributed by atoms with van der Waals surface area (Å²) in [6.45, 7) is 0.478. The minimum atomic E-state index is -0.564. The number of ether oxygens (including phenoxy) is 1. The normalized spacial score (nSPS) is 33.0. The van der Waals surface area contributed by atoms with Gasteiger partial charge in [0, 0.05) is 5.38 Å². The fourth-order valence-corrected chi connectivity index (χ4v) is 1.87. The summed E-state index contributed by atoms with van der Waals surface area (Å²) in [6, 6.07) is 0. The van der Waals surface area contributed by atoms with Crippen molar-refractivity contribution in [1.29, 1.82) is 0 Å². The minimum Gasteiger partial charge on any atom is -0.465 e. The Morgan fingerprint density at radius 3 is 2.83 bits per heavy atom. The molecule has 0 aliphatic carbocycles. The third-order valence-electron chi connectivity index (χ3n) is 1.87. The highest BCUT2D eigenvalue weighted by Crippen LogP contribution is 2.19. The van der Waals surface area contributed by atoms with Gasteiger partial charge in [0.2, 0.25) is 0 Å². The Labute approximate surface area is 82.2 Å². The smallest absolute Gasteiger partial charge is 0.324 e.